The number of thiol groups is 1. The SMILES string of the molecule is CCCOc1ccc(-c2cccc([SH](=O)=O)c2)cc1C(N)=O. The van der Waals surface area contributed by atoms with E-state index in [4.69, 9.17) is 10.5 Å². The van der Waals surface area contributed by atoms with Crippen LogP contribution in [0.15, 0.2) is 47.4 Å². The lowest BCUT2D eigenvalue weighted by Crippen LogP contribution is -2.13. The van der Waals surface area contributed by atoms with Crippen LogP contribution in [0.3, 0.4) is 0 Å². The summed E-state index contributed by atoms with van der Waals surface area (Å²) in [5.41, 5.74) is 7.08. The smallest absolute Gasteiger partial charge is 0.252 e. The number of carbonyl (C=O) groups excluding carboxylic acids is 1. The van der Waals surface area contributed by atoms with Crippen LogP contribution in [0.2, 0.25) is 0 Å². The van der Waals surface area contributed by atoms with Crippen molar-refractivity contribution in [2.45, 2.75) is 18.2 Å². The van der Waals surface area contributed by atoms with Gasteiger partial charge < -0.3 is 10.5 Å². The Hall–Kier alpha value is -2.34. The lowest BCUT2D eigenvalue weighted by Gasteiger charge is -2.11. The summed E-state index contributed by atoms with van der Waals surface area (Å²) in [5, 5.41) is 0. The molecule has 2 aromatic rings. The van der Waals surface area contributed by atoms with E-state index in [9.17, 15) is 13.2 Å². The molecule has 0 heterocycles. The van der Waals surface area contributed by atoms with Crippen LogP contribution in [0.4, 0.5) is 0 Å². The Morgan fingerprint density at radius 3 is 2.50 bits per heavy atom. The van der Waals surface area contributed by atoms with Crippen molar-refractivity contribution in [3.63, 3.8) is 0 Å². The van der Waals surface area contributed by atoms with Gasteiger partial charge in [0, 0.05) is 0 Å². The fraction of sp³-hybridized carbons (Fsp3) is 0.188. The van der Waals surface area contributed by atoms with Gasteiger partial charge in [-0.15, -0.1) is 0 Å². The van der Waals surface area contributed by atoms with Crippen molar-refractivity contribution in [3.8, 4) is 16.9 Å². The number of amides is 1. The van der Waals surface area contributed by atoms with Crippen LogP contribution in [0, 0.1) is 0 Å². The summed E-state index contributed by atoms with van der Waals surface area (Å²) in [6.07, 6.45) is 0.818. The highest BCUT2D eigenvalue weighted by atomic mass is 32.2. The second-order valence-corrected chi connectivity index (χ2v) is 5.76. The highest BCUT2D eigenvalue weighted by molar-refractivity contribution is 7.72. The number of primary amides is 1. The topological polar surface area (TPSA) is 86.5 Å². The molecule has 5 nitrogen and oxygen atoms in total. The van der Waals surface area contributed by atoms with E-state index >= 15 is 0 Å². The van der Waals surface area contributed by atoms with Gasteiger partial charge in [0.1, 0.15) is 5.75 Å². The molecule has 0 aromatic heterocycles. The molecule has 0 bridgehead atoms. The zero-order valence-electron chi connectivity index (χ0n) is 12.1. The fourth-order valence-corrected chi connectivity index (χ4v) is 2.49. The predicted molar refractivity (Wildman–Crippen MR) is 84.8 cm³/mol. The first-order valence-electron chi connectivity index (χ1n) is 6.84. The molecule has 0 aliphatic rings. The summed E-state index contributed by atoms with van der Waals surface area (Å²) in [5.74, 6) is -0.150. The molecule has 0 saturated carbocycles. The van der Waals surface area contributed by atoms with E-state index in [1.54, 1.807) is 36.4 Å². The lowest BCUT2D eigenvalue weighted by molar-refractivity contribution is 0.0996. The maximum absolute atomic E-state index is 11.6. The zero-order chi connectivity index (χ0) is 16.1. The summed E-state index contributed by atoms with van der Waals surface area (Å²) in [6.45, 7) is 2.46. The van der Waals surface area contributed by atoms with Gasteiger partial charge in [-0.25, -0.2) is 8.42 Å². The van der Waals surface area contributed by atoms with Gasteiger partial charge >= 0.3 is 0 Å². The predicted octanol–water partition coefficient (Wildman–Crippen LogP) is 2.21. The molecule has 0 saturated heterocycles. The molecule has 2 aromatic carbocycles. The summed E-state index contributed by atoms with van der Waals surface area (Å²) in [7, 11) is -2.65. The molecule has 0 fully saturated rings. The number of benzene rings is 2. The molecule has 2 N–H and O–H groups in total. The Bertz CT molecular complexity index is 760. The number of hydrogen-bond acceptors (Lipinski definition) is 4. The third-order valence-corrected chi connectivity index (χ3v) is 3.80. The molecule has 116 valence electrons. The fourth-order valence-electron chi connectivity index (χ4n) is 2.04. The lowest BCUT2D eigenvalue weighted by atomic mass is 10.0. The van der Waals surface area contributed by atoms with E-state index in [0.29, 0.717) is 23.5 Å². The average molecular weight is 319 g/mol. The van der Waals surface area contributed by atoms with E-state index in [-0.39, 0.29) is 10.5 Å². The minimum absolute atomic E-state index is 0.222. The van der Waals surface area contributed by atoms with Crippen molar-refractivity contribution in [3.05, 3.63) is 48.0 Å². The van der Waals surface area contributed by atoms with Crippen molar-refractivity contribution < 1.29 is 17.9 Å². The molecule has 0 atom stereocenters. The first-order chi connectivity index (χ1) is 10.5. The molecule has 2 rings (SSSR count). The molecule has 6 heteroatoms. The highest BCUT2D eigenvalue weighted by Crippen LogP contribution is 2.27. The van der Waals surface area contributed by atoms with Gasteiger partial charge in [-0.1, -0.05) is 25.1 Å². The molecular formula is C16H17NO4S. The van der Waals surface area contributed by atoms with Crippen molar-refractivity contribution in [2.24, 2.45) is 5.73 Å². The standard InChI is InChI=1S/C16H17NO4S/c1-2-8-21-15-7-6-12(10-14(15)16(17)18)11-4-3-5-13(9-11)22(19)20/h3-7,9-10,22H,2,8H2,1H3,(H2,17,18). The van der Waals surface area contributed by atoms with Crippen LogP contribution in [-0.4, -0.2) is 20.9 Å². The van der Waals surface area contributed by atoms with Crippen LogP contribution in [0.25, 0.3) is 11.1 Å². The Morgan fingerprint density at radius 2 is 1.86 bits per heavy atom. The quantitative estimate of drug-likeness (QED) is 0.799. The third-order valence-electron chi connectivity index (χ3n) is 3.10. The summed E-state index contributed by atoms with van der Waals surface area (Å²) in [6, 6.07) is 11.6. The van der Waals surface area contributed by atoms with Gasteiger partial charge in [-0.2, -0.15) is 0 Å². The van der Waals surface area contributed by atoms with Crippen molar-refractivity contribution in [1.29, 1.82) is 0 Å². The normalized spacial score (nSPS) is 10.6. The number of rotatable bonds is 6. The molecule has 1 amide bonds. The second kappa shape index (κ2) is 7.09. The molecule has 0 aliphatic heterocycles. The Balaban J connectivity index is 2.46. The van der Waals surface area contributed by atoms with E-state index in [0.717, 1.165) is 6.42 Å². The maximum Gasteiger partial charge on any atom is 0.252 e. The summed E-state index contributed by atoms with van der Waals surface area (Å²) < 4.78 is 27.7. The number of carbonyl (C=O) groups is 1. The van der Waals surface area contributed by atoms with Gasteiger partial charge in [-0.3, -0.25) is 4.79 Å². The first kappa shape index (κ1) is 16.0. The molecular weight excluding hydrogens is 302 g/mol. The molecule has 0 aliphatic carbocycles. The molecule has 22 heavy (non-hydrogen) atoms. The van der Waals surface area contributed by atoms with Crippen LogP contribution in [0.1, 0.15) is 23.7 Å². The minimum atomic E-state index is -2.65. The molecule has 0 unspecified atom stereocenters. The van der Waals surface area contributed by atoms with Crippen molar-refractivity contribution in [2.75, 3.05) is 6.61 Å². The van der Waals surface area contributed by atoms with Crippen LogP contribution in [-0.2, 0) is 10.7 Å². The van der Waals surface area contributed by atoms with E-state index in [1.165, 1.54) is 6.07 Å². The van der Waals surface area contributed by atoms with Gasteiger partial charge in [0.2, 0.25) is 0 Å². The Labute approximate surface area is 130 Å². The number of hydrogen-bond donors (Lipinski definition) is 2. The van der Waals surface area contributed by atoms with Gasteiger partial charge in [0.05, 0.1) is 17.1 Å². The maximum atomic E-state index is 11.6. The Morgan fingerprint density at radius 1 is 1.14 bits per heavy atom. The third kappa shape index (κ3) is 3.65. The summed E-state index contributed by atoms with van der Waals surface area (Å²) >= 11 is 0. The van der Waals surface area contributed by atoms with E-state index < -0.39 is 16.6 Å². The monoisotopic (exact) mass is 319 g/mol. The average Bonchev–Trinajstić information content (AvgIpc) is 2.52. The highest BCUT2D eigenvalue weighted by Gasteiger charge is 2.12. The largest absolute Gasteiger partial charge is 0.493 e. The number of nitrogens with two attached hydrogens (primary N) is 1. The van der Waals surface area contributed by atoms with Gasteiger partial charge in [0.15, 0.2) is 10.7 Å². The zero-order valence-corrected chi connectivity index (χ0v) is 13.0. The summed E-state index contributed by atoms with van der Waals surface area (Å²) in [4.78, 5) is 11.8. The van der Waals surface area contributed by atoms with E-state index in [1.807, 2.05) is 6.92 Å². The molecule has 0 radical (unpaired) electrons. The van der Waals surface area contributed by atoms with Gasteiger partial charge in [0.25, 0.3) is 5.91 Å². The van der Waals surface area contributed by atoms with Crippen LogP contribution < -0.4 is 10.5 Å². The molecule has 0 spiro atoms. The van der Waals surface area contributed by atoms with Crippen LogP contribution in [0.5, 0.6) is 5.75 Å². The van der Waals surface area contributed by atoms with Crippen molar-refractivity contribution in [1.82, 2.24) is 0 Å². The van der Waals surface area contributed by atoms with E-state index in [2.05, 4.69) is 0 Å². The first-order valence-corrected chi connectivity index (χ1v) is 8.02. The number of ether oxygens (including phenoxy) is 1. The van der Waals surface area contributed by atoms with Gasteiger partial charge in [-0.05, 0) is 41.8 Å². The minimum Gasteiger partial charge on any atom is -0.493 e. The second-order valence-electron chi connectivity index (χ2n) is 4.73. The van der Waals surface area contributed by atoms with Crippen molar-refractivity contribution >= 4 is 16.6 Å². The Kier molecular flexibility index (Phi) is 5.16. The van der Waals surface area contributed by atoms with Crippen LogP contribution >= 0.6 is 0 Å².